The highest BCUT2D eigenvalue weighted by Crippen LogP contribution is 2.27. The molecule has 0 aliphatic carbocycles. The fourth-order valence-corrected chi connectivity index (χ4v) is 3.23. The third-order valence-electron chi connectivity index (χ3n) is 4.37. The van der Waals surface area contributed by atoms with Crippen LogP contribution in [-0.2, 0) is 4.79 Å². The number of benzene rings is 3. The molecule has 0 unspecified atom stereocenters. The van der Waals surface area contributed by atoms with Gasteiger partial charge in [-0.05, 0) is 61.7 Å². The van der Waals surface area contributed by atoms with Gasteiger partial charge in [-0.25, -0.2) is 0 Å². The van der Waals surface area contributed by atoms with Crippen LogP contribution in [0.5, 0.6) is 5.75 Å². The van der Waals surface area contributed by atoms with Gasteiger partial charge in [0.1, 0.15) is 11.8 Å². The average molecular weight is 374 g/mol. The van der Waals surface area contributed by atoms with E-state index >= 15 is 0 Å². The molecule has 0 saturated carbocycles. The van der Waals surface area contributed by atoms with Crippen molar-refractivity contribution in [1.82, 2.24) is 0 Å². The van der Waals surface area contributed by atoms with Crippen molar-refractivity contribution in [3.63, 3.8) is 0 Å². The van der Waals surface area contributed by atoms with Gasteiger partial charge in [-0.1, -0.05) is 48.5 Å². The Morgan fingerprint density at radius 2 is 1.57 bits per heavy atom. The SMILES string of the molecule is CCOc1ccccc1NC(=O)[C@@H](Nc1cc(C)cc(C)c1)c1ccccc1. The molecule has 0 radical (unpaired) electrons. The predicted octanol–water partition coefficient (Wildman–Crippen LogP) is 5.49. The first-order valence-electron chi connectivity index (χ1n) is 9.49. The molecule has 0 aromatic heterocycles. The summed E-state index contributed by atoms with van der Waals surface area (Å²) in [5.74, 6) is 0.522. The third kappa shape index (κ3) is 4.92. The van der Waals surface area contributed by atoms with E-state index in [-0.39, 0.29) is 5.91 Å². The number of hydrogen-bond acceptors (Lipinski definition) is 3. The molecule has 0 bridgehead atoms. The van der Waals surface area contributed by atoms with Crippen molar-refractivity contribution in [2.75, 3.05) is 17.2 Å². The Morgan fingerprint density at radius 3 is 2.25 bits per heavy atom. The molecule has 1 atom stereocenters. The summed E-state index contributed by atoms with van der Waals surface area (Å²) in [6, 6.07) is 22.9. The molecule has 0 spiro atoms. The molecule has 0 aliphatic heterocycles. The Labute approximate surface area is 166 Å². The summed E-state index contributed by atoms with van der Waals surface area (Å²) >= 11 is 0. The summed E-state index contributed by atoms with van der Waals surface area (Å²) in [5.41, 5.74) is 4.78. The van der Waals surface area contributed by atoms with E-state index in [2.05, 4.69) is 16.7 Å². The minimum Gasteiger partial charge on any atom is -0.492 e. The molecule has 1 amide bonds. The molecule has 28 heavy (non-hydrogen) atoms. The van der Waals surface area contributed by atoms with Crippen LogP contribution >= 0.6 is 0 Å². The standard InChI is InChI=1S/C24H26N2O2/c1-4-28-22-13-9-8-12-21(22)26-24(27)23(19-10-6-5-7-11-19)25-20-15-17(2)14-18(3)16-20/h5-16,23,25H,4H2,1-3H3,(H,26,27)/t23-/m0/s1. The molecule has 144 valence electrons. The molecule has 3 rings (SSSR count). The van der Waals surface area contributed by atoms with Gasteiger partial charge >= 0.3 is 0 Å². The lowest BCUT2D eigenvalue weighted by atomic mass is 10.0. The molecular formula is C24H26N2O2. The van der Waals surface area contributed by atoms with Crippen molar-refractivity contribution in [1.29, 1.82) is 0 Å². The van der Waals surface area contributed by atoms with Crippen LogP contribution in [0, 0.1) is 13.8 Å². The number of aryl methyl sites for hydroxylation is 2. The molecule has 3 aromatic rings. The van der Waals surface area contributed by atoms with E-state index in [9.17, 15) is 4.79 Å². The summed E-state index contributed by atoms with van der Waals surface area (Å²) in [5, 5.41) is 6.41. The monoisotopic (exact) mass is 374 g/mol. The van der Waals surface area contributed by atoms with E-state index in [0.29, 0.717) is 18.0 Å². The van der Waals surface area contributed by atoms with Gasteiger partial charge in [0, 0.05) is 5.69 Å². The Hall–Kier alpha value is -3.27. The fraction of sp³-hybridized carbons (Fsp3) is 0.208. The van der Waals surface area contributed by atoms with Crippen LogP contribution in [0.25, 0.3) is 0 Å². The number of rotatable bonds is 7. The van der Waals surface area contributed by atoms with E-state index in [1.807, 2.05) is 87.5 Å². The summed E-state index contributed by atoms with van der Waals surface area (Å²) < 4.78 is 5.64. The average Bonchev–Trinajstić information content (AvgIpc) is 2.68. The van der Waals surface area contributed by atoms with E-state index in [0.717, 1.165) is 22.4 Å². The van der Waals surface area contributed by atoms with E-state index in [1.165, 1.54) is 0 Å². The predicted molar refractivity (Wildman–Crippen MR) is 115 cm³/mol. The number of ether oxygens (including phenoxy) is 1. The summed E-state index contributed by atoms with van der Waals surface area (Å²) in [6.45, 7) is 6.56. The summed E-state index contributed by atoms with van der Waals surface area (Å²) in [4.78, 5) is 13.2. The van der Waals surface area contributed by atoms with Crippen molar-refractivity contribution >= 4 is 17.3 Å². The highest BCUT2D eigenvalue weighted by molar-refractivity contribution is 5.98. The first-order chi connectivity index (χ1) is 13.6. The minimum atomic E-state index is -0.530. The van der Waals surface area contributed by atoms with Crippen LogP contribution in [-0.4, -0.2) is 12.5 Å². The van der Waals surface area contributed by atoms with Gasteiger partial charge in [0.25, 0.3) is 5.91 Å². The maximum Gasteiger partial charge on any atom is 0.251 e. The molecular weight excluding hydrogens is 348 g/mol. The molecule has 4 heteroatoms. The molecule has 0 saturated heterocycles. The normalized spacial score (nSPS) is 11.5. The van der Waals surface area contributed by atoms with Crippen molar-refractivity contribution in [3.8, 4) is 5.75 Å². The largest absolute Gasteiger partial charge is 0.492 e. The van der Waals surface area contributed by atoms with Gasteiger partial charge in [0.2, 0.25) is 0 Å². The Balaban J connectivity index is 1.90. The lowest BCUT2D eigenvalue weighted by Gasteiger charge is -2.21. The number of para-hydroxylation sites is 2. The summed E-state index contributed by atoms with van der Waals surface area (Å²) in [6.07, 6.45) is 0. The van der Waals surface area contributed by atoms with Gasteiger partial charge in [-0.15, -0.1) is 0 Å². The first-order valence-corrected chi connectivity index (χ1v) is 9.49. The lowest BCUT2D eigenvalue weighted by Crippen LogP contribution is -2.27. The third-order valence-corrected chi connectivity index (χ3v) is 4.37. The van der Waals surface area contributed by atoms with Gasteiger partial charge in [-0.3, -0.25) is 4.79 Å². The van der Waals surface area contributed by atoms with Gasteiger partial charge in [-0.2, -0.15) is 0 Å². The van der Waals surface area contributed by atoms with Gasteiger partial charge in [0.05, 0.1) is 12.3 Å². The lowest BCUT2D eigenvalue weighted by molar-refractivity contribution is -0.117. The van der Waals surface area contributed by atoms with Crippen molar-refractivity contribution in [2.45, 2.75) is 26.8 Å². The number of hydrogen-bond donors (Lipinski definition) is 2. The van der Waals surface area contributed by atoms with E-state index in [1.54, 1.807) is 0 Å². The summed E-state index contributed by atoms with van der Waals surface area (Å²) in [7, 11) is 0. The molecule has 2 N–H and O–H groups in total. The maximum absolute atomic E-state index is 13.2. The second-order valence-electron chi connectivity index (χ2n) is 6.78. The topological polar surface area (TPSA) is 50.4 Å². The Bertz CT molecular complexity index is 918. The van der Waals surface area contributed by atoms with Gasteiger partial charge < -0.3 is 15.4 Å². The number of anilines is 2. The molecule has 0 fully saturated rings. The second kappa shape index (κ2) is 9.09. The van der Waals surface area contributed by atoms with Gasteiger partial charge in [0.15, 0.2) is 0 Å². The van der Waals surface area contributed by atoms with Crippen LogP contribution in [0.2, 0.25) is 0 Å². The number of carbonyl (C=O) groups is 1. The zero-order chi connectivity index (χ0) is 19.9. The molecule has 3 aromatic carbocycles. The number of amides is 1. The van der Waals surface area contributed by atoms with Crippen LogP contribution < -0.4 is 15.4 Å². The molecule has 4 nitrogen and oxygen atoms in total. The zero-order valence-corrected chi connectivity index (χ0v) is 16.5. The zero-order valence-electron chi connectivity index (χ0n) is 16.5. The van der Waals surface area contributed by atoms with Crippen LogP contribution in [0.3, 0.4) is 0 Å². The molecule has 0 aliphatic rings. The van der Waals surface area contributed by atoms with Crippen LogP contribution in [0.1, 0.15) is 29.7 Å². The number of carbonyl (C=O) groups excluding carboxylic acids is 1. The Kier molecular flexibility index (Phi) is 6.33. The van der Waals surface area contributed by atoms with Crippen molar-refractivity contribution in [2.24, 2.45) is 0 Å². The number of nitrogens with one attached hydrogen (secondary N) is 2. The second-order valence-corrected chi connectivity index (χ2v) is 6.78. The fourth-order valence-electron chi connectivity index (χ4n) is 3.23. The van der Waals surface area contributed by atoms with Crippen molar-refractivity contribution < 1.29 is 9.53 Å². The van der Waals surface area contributed by atoms with Crippen LogP contribution in [0.4, 0.5) is 11.4 Å². The minimum absolute atomic E-state index is 0.141. The van der Waals surface area contributed by atoms with Crippen molar-refractivity contribution in [3.05, 3.63) is 89.5 Å². The maximum atomic E-state index is 13.2. The highest BCUT2D eigenvalue weighted by Gasteiger charge is 2.22. The molecule has 0 heterocycles. The van der Waals surface area contributed by atoms with Crippen LogP contribution in [0.15, 0.2) is 72.8 Å². The Morgan fingerprint density at radius 1 is 0.929 bits per heavy atom. The quantitative estimate of drug-likeness (QED) is 0.574. The van der Waals surface area contributed by atoms with E-state index in [4.69, 9.17) is 4.74 Å². The highest BCUT2D eigenvalue weighted by atomic mass is 16.5. The smallest absolute Gasteiger partial charge is 0.251 e. The first kappa shape index (κ1) is 19.5. The van der Waals surface area contributed by atoms with E-state index < -0.39 is 6.04 Å².